The molecule has 1 fully saturated rings. The Labute approximate surface area is 174 Å². The molecule has 1 unspecified atom stereocenters. The van der Waals surface area contributed by atoms with Crippen molar-refractivity contribution in [1.29, 1.82) is 0 Å². The van der Waals surface area contributed by atoms with Crippen LogP contribution in [0.3, 0.4) is 0 Å². The number of ether oxygens (including phenoxy) is 1. The van der Waals surface area contributed by atoms with Crippen molar-refractivity contribution in [3.63, 3.8) is 0 Å². The molecule has 0 spiro atoms. The summed E-state index contributed by atoms with van der Waals surface area (Å²) in [5.74, 6) is -2.54. The Bertz CT molecular complexity index is 1140. The van der Waals surface area contributed by atoms with Gasteiger partial charge in [0.1, 0.15) is 0 Å². The summed E-state index contributed by atoms with van der Waals surface area (Å²) in [4.78, 5) is 25.6. The van der Waals surface area contributed by atoms with Crippen molar-refractivity contribution in [3.05, 3.63) is 64.6 Å². The topological polar surface area (TPSA) is 68.5 Å². The summed E-state index contributed by atoms with van der Waals surface area (Å²) in [7, 11) is 1.37. The van der Waals surface area contributed by atoms with E-state index in [0.717, 1.165) is 24.8 Å². The van der Waals surface area contributed by atoms with Gasteiger partial charge in [-0.1, -0.05) is 24.1 Å². The summed E-state index contributed by atoms with van der Waals surface area (Å²) in [5.41, 5.74) is 2.94. The third-order valence-corrected chi connectivity index (χ3v) is 6.23. The minimum absolute atomic E-state index is 0.00535. The van der Waals surface area contributed by atoms with Gasteiger partial charge >= 0.3 is 5.97 Å². The molecule has 6 heteroatoms. The Balaban J connectivity index is 1.99. The van der Waals surface area contributed by atoms with E-state index < -0.39 is 17.7 Å². The van der Waals surface area contributed by atoms with E-state index in [1.165, 1.54) is 23.8 Å². The number of rotatable bonds is 5. The van der Waals surface area contributed by atoms with Crippen molar-refractivity contribution in [2.75, 3.05) is 7.11 Å². The molecule has 1 saturated carbocycles. The van der Waals surface area contributed by atoms with Gasteiger partial charge in [-0.2, -0.15) is 0 Å². The van der Waals surface area contributed by atoms with Crippen LogP contribution in [-0.2, 0) is 4.79 Å². The predicted octanol–water partition coefficient (Wildman–Crippen LogP) is 5.06. The standard InChI is InChI=1S/C24H24FNO4/c1-13-7-9-16(10-8-13)23(27)26-14(2)21(22(24(28)29)15-5-4-6-15)17-11-20(30-3)18(25)12-19(17)26/h7-12,15,22H,4-6H2,1-3H3,(H,28,29). The molecule has 1 aromatic heterocycles. The zero-order valence-corrected chi connectivity index (χ0v) is 17.2. The van der Waals surface area contributed by atoms with Crippen LogP contribution in [0.2, 0.25) is 0 Å². The third kappa shape index (κ3) is 3.16. The third-order valence-electron chi connectivity index (χ3n) is 6.23. The second-order valence-electron chi connectivity index (χ2n) is 8.02. The summed E-state index contributed by atoms with van der Waals surface area (Å²) < 4.78 is 21.2. The number of methoxy groups -OCH3 is 1. The van der Waals surface area contributed by atoms with Gasteiger partial charge in [-0.15, -0.1) is 0 Å². The lowest BCUT2D eigenvalue weighted by Crippen LogP contribution is -2.27. The van der Waals surface area contributed by atoms with Gasteiger partial charge in [0.2, 0.25) is 0 Å². The molecule has 4 rings (SSSR count). The van der Waals surface area contributed by atoms with Crippen LogP contribution in [0, 0.1) is 25.6 Å². The highest BCUT2D eigenvalue weighted by Gasteiger charge is 2.38. The number of aliphatic carboxylic acids is 1. The molecule has 0 bridgehead atoms. The van der Waals surface area contributed by atoms with Gasteiger partial charge in [0.25, 0.3) is 5.91 Å². The average Bonchev–Trinajstić information content (AvgIpc) is 2.94. The smallest absolute Gasteiger partial charge is 0.311 e. The first-order valence-corrected chi connectivity index (χ1v) is 10.1. The molecule has 1 aliphatic carbocycles. The zero-order chi connectivity index (χ0) is 21.6. The normalized spacial score (nSPS) is 15.1. The SMILES string of the molecule is COc1cc2c(C(C(=O)O)C3CCC3)c(C)n(C(=O)c3ccc(C)cc3)c2cc1F. The van der Waals surface area contributed by atoms with Gasteiger partial charge in [-0.05, 0) is 56.4 Å². The maximum atomic E-state index is 14.6. The molecular weight excluding hydrogens is 385 g/mol. The molecule has 30 heavy (non-hydrogen) atoms. The number of halogens is 1. The molecule has 5 nitrogen and oxygen atoms in total. The Morgan fingerprint density at radius 1 is 1.17 bits per heavy atom. The van der Waals surface area contributed by atoms with E-state index in [1.54, 1.807) is 19.1 Å². The van der Waals surface area contributed by atoms with E-state index in [2.05, 4.69) is 0 Å². The molecule has 156 valence electrons. The second kappa shape index (κ2) is 7.59. The van der Waals surface area contributed by atoms with Crippen LogP contribution >= 0.6 is 0 Å². The number of hydrogen-bond acceptors (Lipinski definition) is 3. The fraction of sp³-hybridized carbons (Fsp3) is 0.333. The number of aromatic nitrogens is 1. The van der Waals surface area contributed by atoms with Crippen molar-refractivity contribution in [1.82, 2.24) is 4.57 Å². The van der Waals surface area contributed by atoms with Gasteiger partial charge < -0.3 is 9.84 Å². The quantitative estimate of drug-likeness (QED) is 0.639. The molecule has 0 radical (unpaired) electrons. The average molecular weight is 409 g/mol. The second-order valence-corrected chi connectivity index (χ2v) is 8.02. The van der Waals surface area contributed by atoms with E-state index >= 15 is 0 Å². The van der Waals surface area contributed by atoms with Gasteiger partial charge in [-0.3, -0.25) is 14.2 Å². The first-order chi connectivity index (χ1) is 14.3. The maximum Gasteiger partial charge on any atom is 0.311 e. The first-order valence-electron chi connectivity index (χ1n) is 10.1. The van der Waals surface area contributed by atoms with Gasteiger partial charge in [0.05, 0.1) is 18.5 Å². The number of carboxylic acids is 1. The van der Waals surface area contributed by atoms with Crippen molar-refractivity contribution < 1.29 is 23.8 Å². The Morgan fingerprint density at radius 3 is 2.37 bits per heavy atom. The number of nitrogens with zero attached hydrogens (tertiary/aromatic N) is 1. The molecule has 2 aromatic carbocycles. The van der Waals surface area contributed by atoms with Crippen LogP contribution in [0.5, 0.6) is 5.75 Å². The first kappa shape index (κ1) is 20.1. The van der Waals surface area contributed by atoms with Crippen LogP contribution in [0.4, 0.5) is 4.39 Å². The molecule has 1 N–H and O–H groups in total. The van der Waals surface area contributed by atoms with E-state index in [4.69, 9.17) is 4.74 Å². The van der Waals surface area contributed by atoms with E-state index in [9.17, 15) is 19.1 Å². The Hall–Kier alpha value is -3.15. The molecule has 0 amide bonds. The Morgan fingerprint density at radius 2 is 1.83 bits per heavy atom. The number of benzene rings is 2. The van der Waals surface area contributed by atoms with E-state index in [1.807, 2.05) is 19.1 Å². The molecule has 3 aromatic rings. The molecule has 0 saturated heterocycles. The lowest BCUT2D eigenvalue weighted by molar-refractivity contribution is -0.141. The summed E-state index contributed by atoms with van der Waals surface area (Å²) in [6.07, 6.45) is 2.65. The minimum Gasteiger partial charge on any atom is -0.494 e. The summed E-state index contributed by atoms with van der Waals surface area (Å²) in [5, 5.41) is 10.6. The van der Waals surface area contributed by atoms with Gasteiger partial charge in [0.15, 0.2) is 11.6 Å². The van der Waals surface area contributed by atoms with Crippen LogP contribution in [0.15, 0.2) is 36.4 Å². The predicted molar refractivity (Wildman–Crippen MR) is 112 cm³/mol. The molecule has 0 aliphatic heterocycles. The molecule has 1 aliphatic rings. The van der Waals surface area contributed by atoms with Gasteiger partial charge in [0, 0.05) is 22.7 Å². The highest BCUT2D eigenvalue weighted by atomic mass is 19.1. The fourth-order valence-corrected chi connectivity index (χ4v) is 4.41. The summed E-state index contributed by atoms with van der Waals surface area (Å²) >= 11 is 0. The van der Waals surface area contributed by atoms with Crippen molar-refractivity contribution in [3.8, 4) is 5.75 Å². The van der Waals surface area contributed by atoms with Gasteiger partial charge in [-0.25, -0.2) is 4.39 Å². The lowest BCUT2D eigenvalue weighted by Gasteiger charge is -2.31. The van der Waals surface area contributed by atoms with Crippen molar-refractivity contribution in [2.24, 2.45) is 5.92 Å². The number of aryl methyl sites for hydroxylation is 1. The van der Waals surface area contributed by atoms with E-state index in [-0.39, 0.29) is 17.6 Å². The Kier molecular flexibility index (Phi) is 5.10. The molecule has 1 heterocycles. The number of carbonyl (C=O) groups excluding carboxylic acids is 1. The number of fused-ring (bicyclic) bond motifs is 1. The van der Waals surface area contributed by atoms with E-state index in [0.29, 0.717) is 27.7 Å². The number of carboxylic acid groups (broad SMARTS) is 1. The zero-order valence-electron chi connectivity index (χ0n) is 17.2. The minimum atomic E-state index is -0.923. The number of carbonyl (C=O) groups is 2. The van der Waals surface area contributed by atoms with Crippen LogP contribution in [0.1, 0.15) is 52.4 Å². The number of hydrogen-bond donors (Lipinski definition) is 1. The lowest BCUT2D eigenvalue weighted by atomic mass is 9.72. The maximum absolute atomic E-state index is 14.6. The highest BCUT2D eigenvalue weighted by Crippen LogP contribution is 2.45. The molecule has 1 atom stereocenters. The largest absolute Gasteiger partial charge is 0.494 e. The summed E-state index contributed by atoms with van der Waals surface area (Å²) in [6.45, 7) is 3.67. The van der Waals surface area contributed by atoms with Crippen molar-refractivity contribution >= 4 is 22.8 Å². The fourth-order valence-electron chi connectivity index (χ4n) is 4.41. The monoisotopic (exact) mass is 409 g/mol. The van der Waals surface area contributed by atoms with Crippen LogP contribution < -0.4 is 4.74 Å². The van der Waals surface area contributed by atoms with Crippen LogP contribution in [-0.4, -0.2) is 28.7 Å². The molecular formula is C24H24FNO4. The highest BCUT2D eigenvalue weighted by molar-refractivity contribution is 6.05. The van der Waals surface area contributed by atoms with Crippen LogP contribution in [0.25, 0.3) is 10.9 Å². The van der Waals surface area contributed by atoms with Crippen molar-refractivity contribution in [2.45, 2.75) is 39.0 Å². The summed E-state index contributed by atoms with van der Waals surface area (Å²) in [6, 6.07) is 9.91.